The predicted octanol–water partition coefficient (Wildman–Crippen LogP) is 2.54. The van der Waals surface area contributed by atoms with E-state index in [9.17, 15) is 9.18 Å². The molecule has 0 radical (unpaired) electrons. The molecule has 0 aliphatic rings. The molecule has 5 nitrogen and oxygen atoms in total. The minimum atomic E-state index is -0.690. The summed E-state index contributed by atoms with van der Waals surface area (Å²) in [4.78, 5) is 12.1. The molecule has 0 atom stereocenters. The fraction of sp³-hybridized carbons (Fsp3) is 0.0667. The van der Waals surface area contributed by atoms with Gasteiger partial charge in [0.05, 0.1) is 18.5 Å². The molecule has 106 valence electrons. The van der Waals surface area contributed by atoms with Crippen molar-refractivity contribution in [2.24, 2.45) is 0 Å². The van der Waals surface area contributed by atoms with Crippen LogP contribution < -0.4 is 15.8 Å². The van der Waals surface area contributed by atoms with Gasteiger partial charge in [0.15, 0.2) is 0 Å². The van der Waals surface area contributed by atoms with Crippen LogP contribution >= 0.6 is 0 Å². The number of carbonyl (C=O) groups is 1. The van der Waals surface area contributed by atoms with E-state index in [4.69, 9.17) is 15.7 Å². The number of ether oxygens (including phenoxy) is 1. The van der Waals surface area contributed by atoms with Crippen LogP contribution in [0.2, 0.25) is 0 Å². The number of hydrogen-bond donors (Lipinski definition) is 2. The van der Waals surface area contributed by atoms with Crippen molar-refractivity contribution in [3.05, 3.63) is 53.3 Å². The first-order valence-electron chi connectivity index (χ1n) is 6.00. The van der Waals surface area contributed by atoms with Gasteiger partial charge in [-0.15, -0.1) is 0 Å². The Bertz CT molecular complexity index is 738. The fourth-order valence-corrected chi connectivity index (χ4v) is 1.79. The number of nitrogens with two attached hydrogens (primary N) is 1. The molecule has 0 aliphatic carbocycles. The minimum absolute atomic E-state index is 0.110. The van der Waals surface area contributed by atoms with E-state index in [1.807, 2.05) is 0 Å². The van der Waals surface area contributed by atoms with E-state index in [0.29, 0.717) is 11.4 Å². The first kappa shape index (κ1) is 14.3. The molecule has 6 heteroatoms. The standard InChI is InChI=1S/C15H12FN3O2/c1-21-14-7-9(5-6-12(14)18)15(20)19-13-4-2-3-11(16)10(13)8-17/h2-7H,18H2,1H3,(H,19,20). The molecule has 21 heavy (non-hydrogen) atoms. The van der Waals surface area contributed by atoms with Crippen LogP contribution in [0.25, 0.3) is 0 Å². The first-order chi connectivity index (χ1) is 10.1. The van der Waals surface area contributed by atoms with Gasteiger partial charge in [-0.25, -0.2) is 4.39 Å². The van der Waals surface area contributed by atoms with Crippen LogP contribution in [0.5, 0.6) is 5.75 Å². The second-order valence-corrected chi connectivity index (χ2v) is 4.19. The normalized spacial score (nSPS) is 9.76. The lowest BCUT2D eigenvalue weighted by Crippen LogP contribution is -2.13. The van der Waals surface area contributed by atoms with E-state index in [1.54, 1.807) is 6.07 Å². The molecule has 0 fully saturated rings. The molecule has 0 unspecified atom stereocenters. The lowest BCUT2D eigenvalue weighted by Gasteiger charge is -2.09. The Hall–Kier alpha value is -3.07. The highest BCUT2D eigenvalue weighted by Crippen LogP contribution is 2.24. The fourth-order valence-electron chi connectivity index (χ4n) is 1.79. The van der Waals surface area contributed by atoms with Gasteiger partial charge in [-0.3, -0.25) is 4.79 Å². The quantitative estimate of drug-likeness (QED) is 0.848. The van der Waals surface area contributed by atoms with Crippen LogP contribution in [0, 0.1) is 17.1 Å². The lowest BCUT2D eigenvalue weighted by molar-refractivity contribution is 0.102. The summed E-state index contributed by atoms with van der Waals surface area (Å²) in [5.74, 6) is -0.817. The molecule has 2 aromatic rings. The average Bonchev–Trinajstić information content (AvgIpc) is 2.48. The van der Waals surface area contributed by atoms with Gasteiger partial charge in [-0.1, -0.05) is 6.07 Å². The van der Waals surface area contributed by atoms with Crippen molar-refractivity contribution in [1.29, 1.82) is 5.26 Å². The molecule has 0 saturated carbocycles. The molecular formula is C15H12FN3O2. The topological polar surface area (TPSA) is 88.1 Å². The highest BCUT2D eigenvalue weighted by Gasteiger charge is 2.13. The third kappa shape index (κ3) is 2.92. The number of nitrogens with one attached hydrogen (secondary N) is 1. The molecule has 2 aromatic carbocycles. The number of nitrogens with zero attached hydrogens (tertiary/aromatic N) is 1. The van der Waals surface area contributed by atoms with Crippen molar-refractivity contribution in [3.63, 3.8) is 0 Å². The number of nitrogen functional groups attached to an aromatic ring is 1. The number of carbonyl (C=O) groups excluding carboxylic acids is 1. The average molecular weight is 285 g/mol. The molecule has 0 aliphatic heterocycles. The Labute approximate surface area is 120 Å². The van der Waals surface area contributed by atoms with Crippen molar-refractivity contribution in [2.75, 3.05) is 18.2 Å². The van der Waals surface area contributed by atoms with Gasteiger partial charge < -0.3 is 15.8 Å². The summed E-state index contributed by atoms with van der Waals surface area (Å²) in [6.07, 6.45) is 0. The summed E-state index contributed by atoms with van der Waals surface area (Å²) >= 11 is 0. The number of benzene rings is 2. The van der Waals surface area contributed by atoms with E-state index in [0.717, 1.165) is 6.07 Å². The van der Waals surface area contributed by atoms with E-state index in [1.165, 1.54) is 37.4 Å². The Morgan fingerprint density at radius 3 is 2.81 bits per heavy atom. The zero-order valence-corrected chi connectivity index (χ0v) is 11.2. The van der Waals surface area contributed by atoms with Crippen molar-refractivity contribution < 1.29 is 13.9 Å². The molecule has 0 heterocycles. The van der Waals surface area contributed by atoms with E-state index in [2.05, 4.69) is 5.32 Å². The zero-order valence-electron chi connectivity index (χ0n) is 11.2. The van der Waals surface area contributed by atoms with Gasteiger partial charge in [-0.2, -0.15) is 5.26 Å². The zero-order chi connectivity index (χ0) is 15.4. The number of halogens is 1. The molecule has 0 bridgehead atoms. The molecule has 0 saturated heterocycles. The maximum absolute atomic E-state index is 13.5. The summed E-state index contributed by atoms with van der Waals surface area (Å²) < 4.78 is 18.5. The van der Waals surface area contributed by atoms with Crippen LogP contribution in [0.3, 0.4) is 0 Å². The molecule has 2 rings (SSSR count). The van der Waals surface area contributed by atoms with Crippen LogP contribution in [-0.2, 0) is 0 Å². The smallest absolute Gasteiger partial charge is 0.255 e. The summed E-state index contributed by atoms with van der Waals surface area (Å²) in [6.45, 7) is 0. The van der Waals surface area contributed by atoms with Gasteiger partial charge >= 0.3 is 0 Å². The molecule has 0 aromatic heterocycles. The molecular weight excluding hydrogens is 273 g/mol. The van der Waals surface area contributed by atoms with Gasteiger partial charge in [0.25, 0.3) is 5.91 Å². The SMILES string of the molecule is COc1cc(C(=O)Nc2cccc(F)c2C#N)ccc1N. The molecule has 0 spiro atoms. The van der Waals surface area contributed by atoms with E-state index in [-0.39, 0.29) is 16.8 Å². The number of nitriles is 1. The third-order valence-electron chi connectivity index (χ3n) is 2.87. The van der Waals surface area contributed by atoms with Crippen molar-refractivity contribution in [1.82, 2.24) is 0 Å². The van der Waals surface area contributed by atoms with Crippen molar-refractivity contribution in [3.8, 4) is 11.8 Å². The Kier molecular flexibility index (Phi) is 4.05. The minimum Gasteiger partial charge on any atom is -0.495 e. The Morgan fingerprint density at radius 2 is 2.14 bits per heavy atom. The largest absolute Gasteiger partial charge is 0.495 e. The third-order valence-corrected chi connectivity index (χ3v) is 2.87. The van der Waals surface area contributed by atoms with Crippen molar-refractivity contribution in [2.45, 2.75) is 0 Å². The summed E-state index contributed by atoms with van der Waals surface area (Å²) in [5, 5.41) is 11.4. The van der Waals surface area contributed by atoms with Gasteiger partial charge in [0.1, 0.15) is 23.2 Å². The van der Waals surface area contributed by atoms with Crippen LogP contribution in [0.15, 0.2) is 36.4 Å². The lowest BCUT2D eigenvalue weighted by atomic mass is 10.1. The van der Waals surface area contributed by atoms with Crippen molar-refractivity contribution >= 4 is 17.3 Å². The maximum Gasteiger partial charge on any atom is 0.255 e. The van der Waals surface area contributed by atoms with E-state index < -0.39 is 11.7 Å². The highest BCUT2D eigenvalue weighted by atomic mass is 19.1. The molecule has 3 N–H and O–H groups in total. The second-order valence-electron chi connectivity index (χ2n) is 4.19. The summed E-state index contributed by atoms with van der Waals surface area (Å²) in [7, 11) is 1.44. The number of methoxy groups -OCH3 is 1. The second kappa shape index (κ2) is 5.92. The first-order valence-corrected chi connectivity index (χ1v) is 6.00. The molecule has 1 amide bonds. The number of amides is 1. The van der Waals surface area contributed by atoms with Gasteiger partial charge in [0, 0.05) is 5.56 Å². The van der Waals surface area contributed by atoms with E-state index >= 15 is 0 Å². The number of rotatable bonds is 3. The summed E-state index contributed by atoms with van der Waals surface area (Å²) in [6, 6.07) is 10.2. The predicted molar refractivity (Wildman–Crippen MR) is 76.5 cm³/mol. The Balaban J connectivity index is 2.31. The maximum atomic E-state index is 13.5. The number of hydrogen-bond acceptors (Lipinski definition) is 4. The highest BCUT2D eigenvalue weighted by molar-refractivity contribution is 6.05. The van der Waals surface area contributed by atoms with Crippen LogP contribution in [0.4, 0.5) is 15.8 Å². The Morgan fingerprint density at radius 1 is 1.38 bits per heavy atom. The van der Waals surface area contributed by atoms with Gasteiger partial charge in [0.2, 0.25) is 0 Å². The summed E-state index contributed by atoms with van der Waals surface area (Å²) in [5.41, 5.74) is 6.25. The monoisotopic (exact) mass is 285 g/mol. The van der Waals surface area contributed by atoms with Crippen LogP contribution in [0.1, 0.15) is 15.9 Å². The van der Waals surface area contributed by atoms with Gasteiger partial charge in [-0.05, 0) is 30.3 Å². The number of anilines is 2. The van der Waals surface area contributed by atoms with Crippen LogP contribution in [-0.4, -0.2) is 13.0 Å².